The van der Waals surface area contributed by atoms with Crippen LogP contribution in [0, 0.1) is 0 Å². The fraction of sp³-hybridized carbons (Fsp3) is 0. The second kappa shape index (κ2) is 21.8. The van der Waals surface area contributed by atoms with Gasteiger partial charge in [0.05, 0.1) is 0 Å². The highest BCUT2D eigenvalue weighted by molar-refractivity contribution is 8.08. The van der Waals surface area contributed by atoms with E-state index in [1.165, 1.54) is 62.2 Å². The molecular formula is C72H60Si5. The van der Waals surface area contributed by atoms with Gasteiger partial charge in [-0.3, -0.25) is 0 Å². The number of hydrogen-bond donors (Lipinski definition) is 0. The van der Waals surface area contributed by atoms with E-state index in [1.807, 2.05) is 0 Å². The van der Waals surface area contributed by atoms with Crippen molar-refractivity contribution >= 4 is 98.8 Å². The van der Waals surface area contributed by atoms with Crippen LogP contribution >= 0.6 is 0 Å². The molecule has 12 aromatic rings. The smallest absolute Gasteiger partial charge is 0.0631 e. The summed E-state index contributed by atoms with van der Waals surface area (Å²) in [4.78, 5) is 0. The highest BCUT2D eigenvalue weighted by Crippen LogP contribution is 2.40. The average Bonchev–Trinajstić information content (AvgIpc) is 3.62. The zero-order chi connectivity index (χ0) is 51.9. The van der Waals surface area contributed by atoms with Crippen molar-refractivity contribution in [1.29, 1.82) is 0 Å². The molecule has 0 aromatic heterocycles. The van der Waals surface area contributed by atoms with E-state index < -0.39 is 36.5 Å². The summed E-state index contributed by atoms with van der Waals surface area (Å²) in [5.41, 5.74) is 0. The first-order valence-electron chi connectivity index (χ1n) is 26.9. The highest BCUT2D eigenvalue weighted by atomic mass is 29.9. The van der Waals surface area contributed by atoms with Gasteiger partial charge in [0.25, 0.3) is 0 Å². The minimum Gasteiger partial charge on any atom is -0.0631 e. The number of benzene rings is 12. The van der Waals surface area contributed by atoms with Crippen molar-refractivity contribution in [3.05, 3.63) is 364 Å². The Morgan fingerprint density at radius 1 is 0.104 bits per heavy atom. The van der Waals surface area contributed by atoms with Crippen LogP contribution in [-0.2, 0) is 0 Å². The predicted molar refractivity (Wildman–Crippen MR) is 342 cm³/mol. The van der Waals surface area contributed by atoms with Gasteiger partial charge in [-0.2, -0.15) is 0 Å². The Bertz CT molecular complexity index is 3220. The van der Waals surface area contributed by atoms with Crippen molar-refractivity contribution in [3.63, 3.8) is 0 Å². The molecular weight excluding hydrogens is 1010 g/mol. The topological polar surface area (TPSA) is 0 Å². The first-order chi connectivity index (χ1) is 38.3. The molecule has 5 heteroatoms. The van der Waals surface area contributed by atoms with Crippen LogP contribution in [0.3, 0.4) is 0 Å². The molecule has 12 rings (SSSR count). The molecule has 0 radical (unpaired) electrons. The number of rotatable bonds is 16. The van der Waals surface area contributed by atoms with Crippen LogP contribution < -0.4 is 62.2 Å². The van der Waals surface area contributed by atoms with Crippen LogP contribution in [0.2, 0.25) is 0 Å². The Hall–Kier alpha value is -8.28. The standard InChI is InChI=1S/C72H60Si5/c1-13-37-61(38-14-1)73(62-39-15-2-16-40-62,63-41-17-3-18-42-63)75(67-49-25-7-26-50-67,68-51-27-8-28-52-68)77(71-57-33-11-34-58-71,72-59-35-12-36-60-72)76(69-53-29-9-30-54-69,70-55-31-10-32-56-70)74(64-43-19-4-20-44-64,65-45-21-5-22-46-65)66-47-23-6-24-48-66/h1-60H. The van der Waals surface area contributed by atoms with Gasteiger partial charge < -0.3 is 0 Å². The molecule has 0 N–H and O–H groups in total. The fourth-order valence-electron chi connectivity index (χ4n) is 14.5. The molecule has 77 heavy (non-hydrogen) atoms. The molecule has 0 unspecified atom stereocenters. The minimum absolute atomic E-state index is 1.43. The zero-order valence-electron chi connectivity index (χ0n) is 43.1. The van der Waals surface area contributed by atoms with Gasteiger partial charge >= 0.3 is 0 Å². The second-order valence-electron chi connectivity index (χ2n) is 20.1. The third-order valence-corrected chi connectivity index (χ3v) is 89.5. The Labute approximate surface area is 459 Å². The molecule has 0 aliphatic heterocycles. The Morgan fingerprint density at radius 3 is 0.338 bits per heavy atom. The molecule has 0 amide bonds. The first-order valence-corrected chi connectivity index (χ1v) is 40.9. The molecule has 0 aliphatic carbocycles. The lowest BCUT2D eigenvalue weighted by Crippen LogP contribution is -3.13. The van der Waals surface area contributed by atoms with Crippen LogP contribution in [0.15, 0.2) is 364 Å². The van der Waals surface area contributed by atoms with E-state index in [4.69, 9.17) is 0 Å². The first kappa shape index (κ1) is 49.6. The predicted octanol–water partition coefficient (Wildman–Crippen LogP) is 8.43. The highest BCUT2D eigenvalue weighted by Gasteiger charge is 2.83. The van der Waals surface area contributed by atoms with Crippen LogP contribution in [-0.4, -0.2) is 36.5 Å². The monoisotopic (exact) mass is 1060 g/mol. The quantitative estimate of drug-likeness (QED) is 0.0675. The van der Waals surface area contributed by atoms with Crippen LogP contribution in [0.4, 0.5) is 0 Å². The van der Waals surface area contributed by atoms with Gasteiger partial charge in [0.1, 0.15) is 36.5 Å². The average molecular weight is 1070 g/mol. The molecule has 0 aliphatic rings. The molecule has 0 fully saturated rings. The van der Waals surface area contributed by atoms with E-state index in [2.05, 4.69) is 364 Å². The van der Waals surface area contributed by atoms with Crippen molar-refractivity contribution in [3.8, 4) is 0 Å². The lowest BCUT2D eigenvalue weighted by atomic mass is 10.3. The molecule has 0 spiro atoms. The Kier molecular flexibility index (Phi) is 14.0. The Morgan fingerprint density at radius 2 is 0.208 bits per heavy atom. The zero-order valence-corrected chi connectivity index (χ0v) is 48.1. The van der Waals surface area contributed by atoms with Crippen molar-refractivity contribution in [2.24, 2.45) is 0 Å². The molecule has 0 nitrogen and oxygen atoms in total. The normalized spacial score (nSPS) is 12.2. The SMILES string of the molecule is c1ccc([Si](c2ccccc2)(c2ccccc2)[Si](c2ccccc2)(c2ccccc2)[Si](c2ccccc2)(c2ccccc2)[Si](c2ccccc2)(c2ccccc2)[Si](c2ccccc2)(c2ccccc2)c2ccccc2)cc1. The summed E-state index contributed by atoms with van der Waals surface area (Å²) in [5, 5.41) is 17.4. The van der Waals surface area contributed by atoms with E-state index in [0.717, 1.165) is 0 Å². The maximum Gasteiger partial charge on any atom is 0.147 e. The maximum atomic E-state index is 2.63. The van der Waals surface area contributed by atoms with Gasteiger partial charge in [-0.05, 0) is 0 Å². The van der Waals surface area contributed by atoms with E-state index in [1.54, 1.807) is 0 Å². The minimum atomic E-state index is -4.04. The fourth-order valence-corrected chi connectivity index (χ4v) is 130. The molecule has 0 atom stereocenters. The van der Waals surface area contributed by atoms with E-state index in [0.29, 0.717) is 0 Å². The molecule has 0 bridgehead atoms. The summed E-state index contributed by atoms with van der Waals surface area (Å²) >= 11 is 0. The molecule has 368 valence electrons. The van der Waals surface area contributed by atoms with E-state index in [-0.39, 0.29) is 0 Å². The van der Waals surface area contributed by atoms with Gasteiger partial charge in [-0.1, -0.05) is 426 Å². The molecule has 12 aromatic carbocycles. The lowest BCUT2D eigenvalue weighted by Gasteiger charge is -2.68. The molecule has 0 saturated carbocycles. The van der Waals surface area contributed by atoms with Crippen molar-refractivity contribution < 1.29 is 0 Å². The summed E-state index contributed by atoms with van der Waals surface area (Å²) in [5.74, 6) is 0. The summed E-state index contributed by atoms with van der Waals surface area (Å²) in [6.07, 6.45) is 0. The molecule has 0 saturated heterocycles. The van der Waals surface area contributed by atoms with Crippen molar-refractivity contribution in [2.45, 2.75) is 0 Å². The van der Waals surface area contributed by atoms with Crippen LogP contribution in [0.1, 0.15) is 0 Å². The summed E-state index contributed by atoms with van der Waals surface area (Å²) in [7, 11) is -19.3. The summed E-state index contributed by atoms with van der Waals surface area (Å²) < 4.78 is 0. The third-order valence-electron chi connectivity index (χ3n) is 16.7. The van der Waals surface area contributed by atoms with Gasteiger partial charge in [0.15, 0.2) is 0 Å². The van der Waals surface area contributed by atoms with Crippen molar-refractivity contribution in [1.82, 2.24) is 0 Å². The van der Waals surface area contributed by atoms with Crippen molar-refractivity contribution in [2.75, 3.05) is 0 Å². The lowest BCUT2D eigenvalue weighted by molar-refractivity contribution is 1.66. The molecule has 0 heterocycles. The van der Waals surface area contributed by atoms with Gasteiger partial charge in [0, 0.05) is 0 Å². The Balaban J connectivity index is 1.57. The van der Waals surface area contributed by atoms with Gasteiger partial charge in [-0.15, -0.1) is 0 Å². The summed E-state index contributed by atoms with van der Waals surface area (Å²) in [6, 6.07) is 145. The second-order valence-corrected chi connectivity index (χ2v) is 57.1. The number of hydrogen-bond acceptors (Lipinski definition) is 0. The van der Waals surface area contributed by atoms with Crippen LogP contribution in [0.5, 0.6) is 0 Å². The largest absolute Gasteiger partial charge is 0.147 e. The summed E-state index contributed by atoms with van der Waals surface area (Å²) in [6.45, 7) is 0. The third kappa shape index (κ3) is 7.64. The van der Waals surface area contributed by atoms with E-state index >= 15 is 0 Å². The van der Waals surface area contributed by atoms with Crippen LogP contribution in [0.25, 0.3) is 0 Å². The van der Waals surface area contributed by atoms with E-state index in [9.17, 15) is 0 Å². The maximum absolute atomic E-state index is 4.04. The van der Waals surface area contributed by atoms with Gasteiger partial charge in [-0.25, -0.2) is 0 Å². The van der Waals surface area contributed by atoms with Gasteiger partial charge in [0.2, 0.25) is 0 Å².